The Morgan fingerprint density at radius 1 is 1.33 bits per heavy atom. The molecule has 1 aromatic heterocycles. The predicted octanol–water partition coefficient (Wildman–Crippen LogP) is -1.89. The minimum Gasteiger partial charge on any atom is -0.481 e. The van der Waals surface area contributed by atoms with E-state index < -0.39 is 23.9 Å². The fourth-order valence-corrected chi connectivity index (χ4v) is 1.17. The number of nitrogens with zero attached hydrogens (tertiary/aromatic N) is 4. The summed E-state index contributed by atoms with van der Waals surface area (Å²) in [5.41, 5.74) is 0. The lowest BCUT2D eigenvalue weighted by molar-refractivity contribution is -0.143. The van der Waals surface area contributed by atoms with Crippen LogP contribution in [0.4, 0.5) is 0 Å². The topological polar surface area (TPSA) is 147 Å². The van der Waals surface area contributed by atoms with Gasteiger partial charge in [0.2, 0.25) is 5.91 Å². The van der Waals surface area contributed by atoms with Gasteiger partial charge in [-0.25, -0.2) is 9.48 Å². The Morgan fingerprint density at radius 3 is 2.56 bits per heavy atom. The van der Waals surface area contributed by atoms with E-state index in [1.165, 1.54) is 6.33 Å². The molecule has 0 unspecified atom stereocenters. The highest BCUT2D eigenvalue weighted by Crippen LogP contribution is 1.98. The minimum absolute atomic E-state index is 0.188. The van der Waals surface area contributed by atoms with E-state index in [4.69, 9.17) is 10.2 Å². The van der Waals surface area contributed by atoms with Crippen molar-refractivity contribution in [3.05, 3.63) is 6.33 Å². The smallest absolute Gasteiger partial charge is 0.326 e. The van der Waals surface area contributed by atoms with Crippen LogP contribution in [0.25, 0.3) is 0 Å². The van der Waals surface area contributed by atoms with Gasteiger partial charge in [-0.3, -0.25) is 9.59 Å². The molecular formula is C8H11N5O5. The molecule has 1 amide bonds. The summed E-state index contributed by atoms with van der Waals surface area (Å²) < 4.78 is 1.12. The van der Waals surface area contributed by atoms with Crippen molar-refractivity contribution in [2.75, 3.05) is 0 Å². The number of amides is 1. The number of carbonyl (C=O) groups is 3. The summed E-state index contributed by atoms with van der Waals surface area (Å²) in [6, 6.07) is -1.25. The number of rotatable bonds is 7. The second kappa shape index (κ2) is 6.27. The summed E-state index contributed by atoms with van der Waals surface area (Å²) in [5.74, 6) is -3.03. The van der Waals surface area contributed by atoms with Gasteiger partial charge in [0.25, 0.3) is 0 Å². The molecular weight excluding hydrogens is 246 g/mol. The molecule has 1 aromatic rings. The quantitative estimate of drug-likeness (QED) is 0.513. The minimum atomic E-state index is -1.29. The van der Waals surface area contributed by atoms with Crippen LogP contribution in [0.3, 0.4) is 0 Å². The molecule has 3 N–H and O–H groups in total. The molecule has 0 saturated heterocycles. The first-order chi connectivity index (χ1) is 8.49. The molecule has 10 heteroatoms. The molecule has 18 heavy (non-hydrogen) atoms. The lowest BCUT2D eigenvalue weighted by Gasteiger charge is -2.12. The molecule has 0 saturated carbocycles. The van der Waals surface area contributed by atoms with E-state index in [0.717, 1.165) is 4.68 Å². The largest absolute Gasteiger partial charge is 0.481 e. The summed E-state index contributed by atoms with van der Waals surface area (Å²) in [4.78, 5) is 32.6. The van der Waals surface area contributed by atoms with Crippen molar-refractivity contribution in [2.45, 2.75) is 25.4 Å². The molecule has 0 fully saturated rings. The Kier molecular flexibility index (Phi) is 4.72. The maximum Gasteiger partial charge on any atom is 0.326 e. The third kappa shape index (κ3) is 4.55. The highest BCUT2D eigenvalue weighted by molar-refractivity contribution is 5.83. The number of hydrogen-bond donors (Lipinski definition) is 3. The molecule has 0 radical (unpaired) electrons. The highest BCUT2D eigenvalue weighted by Gasteiger charge is 2.21. The van der Waals surface area contributed by atoms with Crippen molar-refractivity contribution in [2.24, 2.45) is 0 Å². The summed E-state index contributed by atoms with van der Waals surface area (Å²) in [5, 5.41) is 29.5. The van der Waals surface area contributed by atoms with Gasteiger partial charge in [0.15, 0.2) is 0 Å². The average molecular weight is 257 g/mol. The van der Waals surface area contributed by atoms with E-state index in [-0.39, 0.29) is 19.4 Å². The van der Waals surface area contributed by atoms with Crippen molar-refractivity contribution in [3.8, 4) is 0 Å². The van der Waals surface area contributed by atoms with Crippen LogP contribution >= 0.6 is 0 Å². The molecule has 0 spiro atoms. The number of carbonyl (C=O) groups excluding carboxylic acids is 1. The van der Waals surface area contributed by atoms with Gasteiger partial charge in [0.1, 0.15) is 18.9 Å². The third-order valence-corrected chi connectivity index (χ3v) is 1.98. The standard InChI is InChI=1S/C8H11N5O5/c14-6(3-13-4-9-11-12-13)10-5(8(17)18)1-2-7(15)16/h4-5H,1-3H2,(H,10,14)(H,15,16)(H,17,18)/t5-/m0/s1. The van der Waals surface area contributed by atoms with Crippen molar-refractivity contribution in [3.63, 3.8) is 0 Å². The summed E-state index contributed by atoms with van der Waals surface area (Å²) in [6.07, 6.45) is 0.667. The maximum absolute atomic E-state index is 11.4. The molecule has 1 rings (SSSR count). The van der Waals surface area contributed by atoms with Gasteiger partial charge in [0.05, 0.1) is 0 Å². The van der Waals surface area contributed by atoms with Crippen LogP contribution in [0.5, 0.6) is 0 Å². The second-order valence-electron chi connectivity index (χ2n) is 3.40. The number of carboxylic acid groups (broad SMARTS) is 2. The Labute approximate surface area is 101 Å². The van der Waals surface area contributed by atoms with Gasteiger partial charge >= 0.3 is 11.9 Å². The van der Waals surface area contributed by atoms with Gasteiger partial charge in [-0.1, -0.05) is 0 Å². The predicted molar refractivity (Wildman–Crippen MR) is 54.3 cm³/mol. The number of hydrogen-bond acceptors (Lipinski definition) is 6. The molecule has 10 nitrogen and oxygen atoms in total. The van der Waals surface area contributed by atoms with E-state index >= 15 is 0 Å². The third-order valence-electron chi connectivity index (χ3n) is 1.98. The first kappa shape index (κ1) is 13.5. The van der Waals surface area contributed by atoms with Crippen LogP contribution in [0.15, 0.2) is 6.33 Å². The van der Waals surface area contributed by atoms with Crippen molar-refractivity contribution >= 4 is 17.8 Å². The lowest BCUT2D eigenvalue weighted by atomic mass is 10.1. The summed E-state index contributed by atoms with van der Waals surface area (Å²) in [6.45, 7) is -0.232. The molecule has 0 aromatic carbocycles. The normalized spacial score (nSPS) is 11.8. The molecule has 1 heterocycles. The fraction of sp³-hybridized carbons (Fsp3) is 0.500. The van der Waals surface area contributed by atoms with E-state index in [9.17, 15) is 14.4 Å². The Bertz CT molecular complexity index is 431. The highest BCUT2D eigenvalue weighted by atomic mass is 16.4. The number of nitrogens with one attached hydrogen (secondary N) is 1. The maximum atomic E-state index is 11.4. The zero-order valence-electron chi connectivity index (χ0n) is 9.18. The first-order valence-electron chi connectivity index (χ1n) is 4.93. The van der Waals surface area contributed by atoms with Crippen LogP contribution < -0.4 is 5.32 Å². The van der Waals surface area contributed by atoms with E-state index in [0.29, 0.717) is 0 Å². The monoisotopic (exact) mass is 257 g/mol. The Morgan fingerprint density at radius 2 is 2.06 bits per heavy atom. The summed E-state index contributed by atoms with van der Waals surface area (Å²) in [7, 11) is 0. The van der Waals surface area contributed by atoms with E-state index in [1.807, 2.05) is 0 Å². The average Bonchev–Trinajstić information content (AvgIpc) is 2.76. The SMILES string of the molecule is O=C(O)CC[C@H](NC(=O)Cn1cnnn1)C(=O)O. The van der Waals surface area contributed by atoms with Crippen molar-refractivity contribution in [1.82, 2.24) is 25.5 Å². The van der Waals surface area contributed by atoms with Crippen LogP contribution in [0.1, 0.15) is 12.8 Å². The van der Waals surface area contributed by atoms with Gasteiger partial charge in [-0.2, -0.15) is 0 Å². The lowest BCUT2D eigenvalue weighted by Crippen LogP contribution is -2.42. The zero-order valence-corrected chi connectivity index (χ0v) is 9.18. The van der Waals surface area contributed by atoms with Gasteiger partial charge in [-0.15, -0.1) is 5.10 Å². The van der Waals surface area contributed by atoms with Crippen LogP contribution in [-0.2, 0) is 20.9 Å². The fourth-order valence-electron chi connectivity index (χ4n) is 1.17. The van der Waals surface area contributed by atoms with Crippen LogP contribution in [0, 0.1) is 0 Å². The molecule has 1 atom stereocenters. The number of tetrazole rings is 1. The first-order valence-corrected chi connectivity index (χ1v) is 4.93. The van der Waals surface area contributed by atoms with Crippen LogP contribution in [0.2, 0.25) is 0 Å². The van der Waals surface area contributed by atoms with Crippen molar-refractivity contribution < 1.29 is 24.6 Å². The Hall–Kier alpha value is -2.52. The zero-order chi connectivity index (χ0) is 13.5. The number of aromatic nitrogens is 4. The number of aliphatic carboxylic acids is 2. The van der Waals surface area contributed by atoms with E-state index in [1.54, 1.807) is 0 Å². The van der Waals surface area contributed by atoms with Gasteiger partial charge in [-0.05, 0) is 16.8 Å². The second-order valence-corrected chi connectivity index (χ2v) is 3.40. The molecule has 0 aliphatic rings. The van der Waals surface area contributed by atoms with E-state index in [2.05, 4.69) is 20.8 Å². The number of carboxylic acids is 2. The molecule has 0 bridgehead atoms. The van der Waals surface area contributed by atoms with Crippen LogP contribution in [-0.4, -0.2) is 54.3 Å². The van der Waals surface area contributed by atoms with Crippen molar-refractivity contribution in [1.29, 1.82) is 0 Å². The molecule has 0 aliphatic carbocycles. The molecule has 0 aliphatic heterocycles. The Balaban J connectivity index is 2.47. The molecule has 98 valence electrons. The summed E-state index contributed by atoms with van der Waals surface area (Å²) >= 11 is 0. The van der Waals surface area contributed by atoms with Gasteiger partial charge < -0.3 is 15.5 Å². The van der Waals surface area contributed by atoms with Gasteiger partial charge in [0, 0.05) is 6.42 Å².